The minimum Gasteiger partial charge on any atom is -0.493 e. The zero-order chi connectivity index (χ0) is 22.4. The molecule has 0 bridgehead atoms. The van der Waals surface area contributed by atoms with Gasteiger partial charge in [0.25, 0.3) is 0 Å². The van der Waals surface area contributed by atoms with Crippen LogP contribution in [0.2, 0.25) is 0 Å². The minimum absolute atomic E-state index is 0. The van der Waals surface area contributed by atoms with Gasteiger partial charge in [-0.05, 0) is 67.5 Å². The molecule has 0 unspecified atom stereocenters. The standard InChI is InChI=1S/C22H27F4NO3.ClH/c1-15-11-16(4-6-19(15)23)3-2-10-30-20-7-5-17(12-18(20)22(24,25)26)8-9-21(27,13-28)14-29;/h4-7,11-12,28-29H,2-3,8-10,13-14,27H2,1H3;1H. The molecule has 0 aromatic heterocycles. The van der Waals surface area contributed by atoms with Gasteiger partial charge in [0.05, 0.1) is 30.9 Å². The van der Waals surface area contributed by atoms with E-state index in [2.05, 4.69) is 0 Å². The average Bonchev–Trinajstić information content (AvgIpc) is 2.71. The third kappa shape index (κ3) is 7.96. The van der Waals surface area contributed by atoms with Gasteiger partial charge in [-0.1, -0.05) is 18.2 Å². The lowest BCUT2D eigenvalue weighted by atomic mass is 9.93. The van der Waals surface area contributed by atoms with Crippen molar-refractivity contribution in [2.24, 2.45) is 5.73 Å². The number of halogens is 5. The Kier molecular flexibility index (Phi) is 10.2. The summed E-state index contributed by atoms with van der Waals surface area (Å²) in [4.78, 5) is 0. The molecule has 2 aromatic rings. The Hall–Kier alpha value is -1.87. The second-order valence-corrected chi connectivity index (χ2v) is 7.54. The predicted octanol–water partition coefficient (Wildman–Crippen LogP) is 4.20. The molecule has 31 heavy (non-hydrogen) atoms. The maximum Gasteiger partial charge on any atom is 0.419 e. The Morgan fingerprint density at radius 1 is 0.968 bits per heavy atom. The molecule has 0 heterocycles. The first-order chi connectivity index (χ1) is 14.1. The second kappa shape index (κ2) is 11.7. The van der Waals surface area contributed by atoms with E-state index in [0.29, 0.717) is 24.0 Å². The van der Waals surface area contributed by atoms with Crippen molar-refractivity contribution in [3.63, 3.8) is 0 Å². The van der Waals surface area contributed by atoms with Gasteiger partial charge in [-0.2, -0.15) is 13.2 Å². The number of aliphatic hydroxyl groups excluding tert-OH is 2. The molecule has 0 aliphatic carbocycles. The summed E-state index contributed by atoms with van der Waals surface area (Å²) in [6.45, 7) is 0.802. The fourth-order valence-corrected chi connectivity index (χ4v) is 3.00. The van der Waals surface area contributed by atoms with Crippen molar-refractivity contribution >= 4 is 12.4 Å². The van der Waals surface area contributed by atoms with E-state index in [1.54, 1.807) is 19.1 Å². The van der Waals surface area contributed by atoms with Crippen molar-refractivity contribution < 1.29 is 32.5 Å². The maximum absolute atomic E-state index is 13.5. The normalized spacial score (nSPS) is 11.9. The van der Waals surface area contributed by atoms with Gasteiger partial charge in [0.1, 0.15) is 11.6 Å². The third-order valence-electron chi connectivity index (χ3n) is 4.98. The number of hydrogen-bond donors (Lipinski definition) is 3. The van der Waals surface area contributed by atoms with Gasteiger partial charge in [0, 0.05) is 0 Å². The highest BCUT2D eigenvalue weighted by molar-refractivity contribution is 5.85. The Labute approximate surface area is 185 Å². The molecule has 0 aliphatic heterocycles. The van der Waals surface area contributed by atoms with Gasteiger partial charge in [0.15, 0.2) is 0 Å². The van der Waals surface area contributed by atoms with Crippen molar-refractivity contribution in [1.82, 2.24) is 0 Å². The zero-order valence-corrected chi connectivity index (χ0v) is 18.0. The average molecular weight is 466 g/mol. The summed E-state index contributed by atoms with van der Waals surface area (Å²) in [5, 5.41) is 18.4. The molecular formula is C22H28ClF4NO3. The molecule has 0 spiro atoms. The molecule has 9 heteroatoms. The minimum atomic E-state index is -4.59. The first kappa shape index (κ1) is 27.2. The number of aryl methyl sites for hydroxylation is 3. The number of ether oxygens (including phenoxy) is 1. The lowest BCUT2D eigenvalue weighted by molar-refractivity contribution is -0.139. The first-order valence-electron chi connectivity index (χ1n) is 9.66. The number of rotatable bonds is 10. The predicted molar refractivity (Wildman–Crippen MR) is 113 cm³/mol. The van der Waals surface area contributed by atoms with Gasteiger partial charge in [-0.15, -0.1) is 12.4 Å². The molecule has 0 atom stereocenters. The van der Waals surface area contributed by atoms with Crippen LogP contribution in [0.25, 0.3) is 0 Å². The van der Waals surface area contributed by atoms with Gasteiger partial charge < -0.3 is 20.7 Å². The lowest BCUT2D eigenvalue weighted by Crippen LogP contribution is -2.47. The highest BCUT2D eigenvalue weighted by atomic mass is 35.5. The molecular weight excluding hydrogens is 438 g/mol. The molecule has 2 aromatic carbocycles. The van der Waals surface area contributed by atoms with Crippen LogP contribution in [0.1, 0.15) is 35.1 Å². The van der Waals surface area contributed by atoms with Crippen LogP contribution in [0, 0.1) is 12.7 Å². The van der Waals surface area contributed by atoms with E-state index in [1.165, 1.54) is 18.2 Å². The molecule has 4 N–H and O–H groups in total. The van der Waals surface area contributed by atoms with Crippen LogP contribution in [0.15, 0.2) is 36.4 Å². The first-order valence-corrected chi connectivity index (χ1v) is 9.66. The van der Waals surface area contributed by atoms with E-state index < -0.39 is 30.5 Å². The van der Waals surface area contributed by atoms with Crippen LogP contribution >= 0.6 is 12.4 Å². The largest absolute Gasteiger partial charge is 0.493 e. The molecule has 0 radical (unpaired) electrons. The van der Waals surface area contributed by atoms with Crippen molar-refractivity contribution in [1.29, 1.82) is 0 Å². The zero-order valence-electron chi connectivity index (χ0n) is 17.2. The van der Waals surface area contributed by atoms with Crippen LogP contribution < -0.4 is 10.5 Å². The van der Waals surface area contributed by atoms with Gasteiger partial charge in [-0.25, -0.2) is 4.39 Å². The van der Waals surface area contributed by atoms with E-state index in [-0.39, 0.29) is 43.4 Å². The smallest absolute Gasteiger partial charge is 0.419 e. The lowest BCUT2D eigenvalue weighted by Gasteiger charge is -2.24. The van der Waals surface area contributed by atoms with Gasteiger partial charge in [0.2, 0.25) is 0 Å². The van der Waals surface area contributed by atoms with Crippen LogP contribution in [0.5, 0.6) is 5.75 Å². The summed E-state index contributed by atoms with van der Waals surface area (Å²) in [5.74, 6) is -0.556. The fraction of sp³-hybridized carbons (Fsp3) is 0.455. The van der Waals surface area contributed by atoms with Crippen LogP contribution in [0.3, 0.4) is 0 Å². The monoisotopic (exact) mass is 465 g/mol. The van der Waals surface area contributed by atoms with Crippen molar-refractivity contribution in [2.75, 3.05) is 19.8 Å². The highest BCUT2D eigenvalue weighted by Gasteiger charge is 2.35. The number of alkyl halides is 3. The van der Waals surface area contributed by atoms with Crippen LogP contribution in [-0.4, -0.2) is 35.6 Å². The Bertz CT molecular complexity index is 842. The molecule has 0 saturated carbocycles. The Balaban J connectivity index is 0.00000480. The topological polar surface area (TPSA) is 75.7 Å². The number of nitrogens with two attached hydrogens (primary N) is 1. The van der Waals surface area contributed by atoms with E-state index in [0.717, 1.165) is 11.6 Å². The second-order valence-electron chi connectivity index (χ2n) is 7.54. The van der Waals surface area contributed by atoms with Crippen molar-refractivity contribution in [3.8, 4) is 5.75 Å². The van der Waals surface area contributed by atoms with E-state index in [4.69, 9.17) is 10.5 Å². The highest BCUT2D eigenvalue weighted by Crippen LogP contribution is 2.37. The number of hydrogen-bond acceptors (Lipinski definition) is 4. The summed E-state index contributed by atoms with van der Waals surface area (Å²) in [6, 6.07) is 8.53. The Morgan fingerprint density at radius 2 is 1.58 bits per heavy atom. The van der Waals surface area contributed by atoms with Gasteiger partial charge >= 0.3 is 6.18 Å². The van der Waals surface area contributed by atoms with E-state index in [1.807, 2.05) is 0 Å². The van der Waals surface area contributed by atoms with E-state index >= 15 is 0 Å². The molecule has 174 valence electrons. The fourth-order valence-electron chi connectivity index (χ4n) is 3.00. The quantitative estimate of drug-likeness (QED) is 0.363. The van der Waals surface area contributed by atoms with Crippen LogP contribution in [-0.2, 0) is 19.0 Å². The summed E-state index contributed by atoms with van der Waals surface area (Å²) < 4.78 is 59.1. The molecule has 4 nitrogen and oxygen atoms in total. The number of benzene rings is 2. The van der Waals surface area contributed by atoms with E-state index in [9.17, 15) is 27.8 Å². The molecule has 0 saturated heterocycles. The molecule has 0 aliphatic rings. The number of aliphatic hydroxyl groups is 2. The van der Waals surface area contributed by atoms with Gasteiger partial charge in [-0.3, -0.25) is 0 Å². The summed E-state index contributed by atoms with van der Waals surface area (Å²) in [5.41, 5.74) is 5.45. The molecule has 0 amide bonds. The third-order valence-corrected chi connectivity index (χ3v) is 4.98. The van der Waals surface area contributed by atoms with Crippen LogP contribution in [0.4, 0.5) is 17.6 Å². The van der Waals surface area contributed by atoms with Crippen molar-refractivity contribution in [2.45, 2.75) is 44.3 Å². The summed E-state index contributed by atoms with van der Waals surface area (Å²) in [6.07, 6.45) is -3.25. The summed E-state index contributed by atoms with van der Waals surface area (Å²) >= 11 is 0. The summed E-state index contributed by atoms with van der Waals surface area (Å²) in [7, 11) is 0. The maximum atomic E-state index is 13.5. The molecule has 0 fully saturated rings. The van der Waals surface area contributed by atoms with Crippen molar-refractivity contribution in [3.05, 3.63) is 64.5 Å². The molecule has 2 rings (SSSR count). The SMILES string of the molecule is Cc1cc(CCCOc2ccc(CCC(N)(CO)CO)cc2C(F)(F)F)ccc1F.Cl. The Morgan fingerprint density at radius 3 is 2.16 bits per heavy atom.